The third kappa shape index (κ3) is 3.11. The van der Waals surface area contributed by atoms with Crippen LogP contribution in [0.3, 0.4) is 0 Å². The number of halogens is 1. The monoisotopic (exact) mass is 333 g/mol. The molecule has 1 aromatic heterocycles. The zero-order chi connectivity index (χ0) is 14.5. The summed E-state index contributed by atoms with van der Waals surface area (Å²) in [7, 11) is 0. The molecule has 0 saturated carbocycles. The molecule has 0 aliphatic heterocycles. The van der Waals surface area contributed by atoms with Crippen LogP contribution in [0.15, 0.2) is 47.2 Å². The molecule has 4 nitrogen and oxygen atoms in total. The summed E-state index contributed by atoms with van der Waals surface area (Å²) in [4.78, 5) is 28.3. The predicted molar refractivity (Wildman–Crippen MR) is 77.8 cm³/mol. The Balaban J connectivity index is 2.42. The van der Waals surface area contributed by atoms with Gasteiger partial charge in [-0.2, -0.15) is 0 Å². The second kappa shape index (κ2) is 6.43. The summed E-state index contributed by atoms with van der Waals surface area (Å²) in [5.41, 5.74) is 0.987. The van der Waals surface area contributed by atoms with E-state index in [2.05, 4.69) is 20.9 Å². The van der Waals surface area contributed by atoms with Crippen LogP contribution < -0.4 is 0 Å². The number of ether oxygens (including phenoxy) is 1. The van der Waals surface area contributed by atoms with Gasteiger partial charge in [-0.1, -0.05) is 18.2 Å². The second-order valence-electron chi connectivity index (χ2n) is 3.99. The molecule has 0 spiro atoms. The maximum absolute atomic E-state index is 12.5. The highest BCUT2D eigenvalue weighted by Gasteiger charge is 2.19. The van der Waals surface area contributed by atoms with E-state index >= 15 is 0 Å². The van der Waals surface area contributed by atoms with Gasteiger partial charge in [0.05, 0.1) is 12.2 Å². The third-order valence-corrected chi connectivity index (χ3v) is 3.07. The molecule has 2 rings (SSSR count). The number of carbonyl (C=O) groups is 2. The van der Waals surface area contributed by atoms with Gasteiger partial charge < -0.3 is 4.74 Å². The Morgan fingerprint density at radius 3 is 2.55 bits per heavy atom. The van der Waals surface area contributed by atoms with Crippen LogP contribution in [0.5, 0.6) is 0 Å². The Kier molecular flexibility index (Phi) is 4.63. The number of carbonyl (C=O) groups excluding carboxylic acids is 2. The van der Waals surface area contributed by atoms with Crippen molar-refractivity contribution >= 4 is 27.7 Å². The number of nitrogens with zero attached hydrogens (tertiary/aromatic N) is 1. The summed E-state index contributed by atoms with van der Waals surface area (Å²) in [5, 5.41) is 0. The SMILES string of the molecule is CCOC(=O)c1ccccc1C(=O)c1cncc(Br)c1. The van der Waals surface area contributed by atoms with Gasteiger partial charge >= 0.3 is 5.97 Å². The average Bonchev–Trinajstić information content (AvgIpc) is 2.47. The van der Waals surface area contributed by atoms with Crippen LogP contribution >= 0.6 is 15.9 Å². The number of pyridine rings is 1. The highest BCUT2D eigenvalue weighted by atomic mass is 79.9. The van der Waals surface area contributed by atoms with Crippen LogP contribution in [-0.2, 0) is 4.74 Å². The zero-order valence-corrected chi connectivity index (χ0v) is 12.4. The second-order valence-corrected chi connectivity index (χ2v) is 4.90. The molecule has 1 heterocycles. The minimum Gasteiger partial charge on any atom is -0.462 e. The molecule has 0 saturated heterocycles. The average molecular weight is 334 g/mol. The summed E-state index contributed by atoms with van der Waals surface area (Å²) < 4.78 is 5.67. The third-order valence-electron chi connectivity index (χ3n) is 2.63. The highest BCUT2D eigenvalue weighted by Crippen LogP contribution is 2.17. The largest absolute Gasteiger partial charge is 0.462 e. The van der Waals surface area contributed by atoms with E-state index in [-0.39, 0.29) is 18.0 Å². The maximum Gasteiger partial charge on any atom is 0.338 e. The molecule has 1 aromatic carbocycles. The lowest BCUT2D eigenvalue weighted by Crippen LogP contribution is -2.12. The van der Waals surface area contributed by atoms with Gasteiger partial charge in [-0.25, -0.2) is 4.79 Å². The van der Waals surface area contributed by atoms with Crippen molar-refractivity contribution in [3.63, 3.8) is 0 Å². The van der Waals surface area contributed by atoms with Gasteiger partial charge in [0.15, 0.2) is 5.78 Å². The van der Waals surface area contributed by atoms with E-state index in [9.17, 15) is 9.59 Å². The lowest BCUT2D eigenvalue weighted by Gasteiger charge is -2.08. The molecule has 0 unspecified atom stereocenters. The molecular formula is C15H12BrNO3. The molecule has 0 radical (unpaired) electrons. The minimum absolute atomic E-state index is 0.262. The van der Waals surface area contributed by atoms with Crippen LogP contribution in [0.4, 0.5) is 0 Å². The van der Waals surface area contributed by atoms with Crippen molar-refractivity contribution in [2.24, 2.45) is 0 Å². The fourth-order valence-electron chi connectivity index (χ4n) is 1.76. The Morgan fingerprint density at radius 1 is 1.20 bits per heavy atom. The molecule has 0 bridgehead atoms. The van der Waals surface area contributed by atoms with E-state index in [0.717, 1.165) is 0 Å². The first-order valence-electron chi connectivity index (χ1n) is 6.05. The fourth-order valence-corrected chi connectivity index (χ4v) is 2.12. The van der Waals surface area contributed by atoms with Crippen molar-refractivity contribution < 1.29 is 14.3 Å². The van der Waals surface area contributed by atoms with E-state index < -0.39 is 5.97 Å². The number of rotatable bonds is 4. The number of esters is 1. The Labute approximate surface area is 124 Å². The van der Waals surface area contributed by atoms with Crippen LogP contribution in [0.25, 0.3) is 0 Å². The van der Waals surface area contributed by atoms with Crippen molar-refractivity contribution in [2.45, 2.75) is 6.92 Å². The molecule has 0 N–H and O–H groups in total. The van der Waals surface area contributed by atoms with Gasteiger partial charge in [0.1, 0.15) is 0 Å². The number of hydrogen-bond donors (Lipinski definition) is 0. The van der Waals surface area contributed by atoms with E-state index in [1.807, 2.05) is 0 Å². The Bertz CT molecular complexity index is 655. The molecule has 0 amide bonds. The molecule has 5 heteroatoms. The first kappa shape index (κ1) is 14.4. The maximum atomic E-state index is 12.5. The number of aromatic nitrogens is 1. The molecule has 0 atom stereocenters. The number of hydrogen-bond acceptors (Lipinski definition) is 4. The molecule has 20 heavy (non-hydrogen) atoms. The quantitative estimate of drug-likeness (QED) is 0.636. The van der Waals surface area contributed by atoms with Crippen molar-refractivity contribution in [3.05, 3.63) is 63.9 Å². The van der Waals surface area contributed by atoms with E-state index in [4.69, 9.17) is 4.74 Å². The van der Waals surface area contributed by atoms with Crippen molar-refractivity contribution in [1.82, 2.24) is 4.98 Å². The van der Waals surface area contributed by atoms with Gasteiger partial charge in [0.25, 0.3) is 0 Å². The summed E-state index contributed by atoms with van der Waals surface area (Å²) in [6.45, 7) is 1.99. The molecule has 0 aliphatic rings. The van der Waals surface area contributed by atoms with Crippen molar-refractivity contribution in [1.29, 1.82) is 0 Å². The van der Waals surface area contributed by atoms with Gasteiger partial charge in [-0.15, -0.1) is 0 Å². The van der Waals surface area contributed by atoms with E-state index in [0.29, 0.717) is 15.6 Å². The van der Waals surface area contributed by atoms with Gasteiger partial charge in [-0.05, 0) is 35.0 Å². The van der Waals surface area contributed by atoms with Gasteiger partial charge in [0.2, 0.25) is 0 Å². The van der Waals surface area contributed by atoms with Crippen molar-refractivity contribution in [2.75, 3.05) is 6.61 Å². The van der Waals surface area contributed by atoms with Crippen LogP contribution in [-0.4, -0.2) is 23.3 Å². The molecule has 0 fully saturated rings. The van der Waals surface area contributed by atoms with Gasteiger partial charge in [-0.3, -0.25) is 9.78 Å². The molecule has 102 valence electrons. The Hall–Kier alpha value is -2.01. The highest BCUT2D eigenvalue weighted by molar-refractivity contribution is 9.10. The predicted octanol–water partition coefficient (Wildman–Crippen LogP) is 3.25. The smallest absolute Gasteiger partial charge is 0.338 e. The molecule has 2 aromatic rings. The summed E-state index contributed by atoms with van der Waals surface area (Å²) in [6, 6.07) is 8.26. The fraction of sp³-hybridized carbons (Fsp3) is 0.133. The minimum atomic E-state index is -0.501. The summed E-state index contributed by atoms with van der Waals surface area (Å²) in [6.07, 6.45) is 3.06. The number of ketones is 1. The summed E-state index contributed by atoms with van der Waals surface area (Å²) in [5.74, 6) is -0.762. The van der Waals surface area contributed by atoms with Gasteiger partial charge in [0, 0.05) is 28.0 Å². The van der Waals surface area contributed by atoms with E-state index in [1.54, 1.807) is 43.5 Å². The number of benzene rings is 1. The van der Waals surface area contributed by atoms with Crippen LogP contribution in [0, 0.1) is 0 Å². The Morgan fingerprint density at radius 2 is 1.90 bits per heavy atom. The first-order valence-corrected chi connectivity index (χ1v) is 6.84. The van der Waals surface area contributed by atoms with Crippen molar-refractivity contribution in [3.8, 4) is 0 Å². The normalized spacial score (nSPS) is 10.1. The first-order chi connectivity index (χ1) is 9.63. The standard InChI is InChI=1S/C15H12BrNO3/c1-2-20-15(19)13-6-4-3-5-12(13)14(18)10-7-11(16)9-17-8-10/h3-9H,2H2,1H3. The molecular weight excluding hydrogens is 322 g/mol. The zero-order valence-electron chi connectivity index (χ0n) is 10.8. The summed E-state index contributed by atoms with van der Waals surface area (Å²) >= 11 is 3.27. The lowest BCUT2D eigenvalue weighted by atomic mass is 9.99. The topological polar surface area (TPSA) is 56.3 Å². The van der Waals surface area contributed by atoms with Crippen LogP contribution in [0.2, 0.25) is 0 Å². The lowest BCUT2D eigenvalue weighted by molar-refractivity contribution is 0.0523. The van der Waals surface area contributed by atoms with Crippen LogP contribution in [0.1, 0.15) is 33.2 Å². The molecule has 0 aliphatic carbocycles. The van der Waals surface area contributed by atoms with E-state index in [1.165, 1.54) is 6.20 Å².